The van der Waals surface area contributed by atoms with Gasteiger partial charge < -0.3 is 5.11 Å². The van der Waals surface area contributed by atoms with Gasteiger partial charge in [-0.05, 0) is 18.4 Å². The Labute approximate surface area is 119 Å². The molecular formula is C13H12N2O2S2. The van der Waals surface area contributed by atoms with Gasteiger partial charge in [0.1, 0.15) is 4.88 Å². The van der Waals surface area contributed by atoms with Crippen molar-refractivity contribution in [3.05, 3.63) is 33.0 Å². The molecule has 0 bridgehead atoms. The van der Waals surface area contributed by atoms with Crippen LogP contribution >= 0.6 is 22.7 Å². The summed E-state index contributed by atoms with van der Waals surface area (Å²) in [4.78, 5) is 16.8. The molecule has 2 heterocycles. The molecule has 4 nitrogen and oxygen atoms in total. The van der Waals surface area contributed by atoms with E-state index in [4.69, 9.17) is 5.11 Å². The number of aromatic nitrogens is 1. The normalized spacial score (nSPS) is 9.79. The maximum Gasteiger partial charge on any atom is 0.268 e. The van der Waals surface area contributed by atoms with Crippen LogP contribution in [0, 0.1) is 18.8 Å². The highest BCUT2D eigenvalue weighted by Crippen LogP contribution is 2.20. The first-order valence-corrected chi connectivity index (χ1v) is 7.37. The highest BCUT2D eigenvalue weighted by atomic mass is 32.1. The molecule has 0 aliphatic carbocycles. The van der Waals surface area contributed by atoms with E-state index in [9.17, 15) is 4.79 Å². The molecule has 98 valence electrons. The number of hydrogen-bond acceptors (Lipinski definition) is 5. The number of thiophene rings is 1. The van der Waals surface area contributed by atoms with Crippen LogP contribution in [0.15, 0.2) is 16.8 Å². The van der Waals surface area contributed by atoms with Gasteiger partial charge in [0.05, 0.1) is 12.3 Å². The quantitative estimate of drug-likeness (QED) is 0.854. The second kappa shape index (κ2) is 6.48. The number of aryl methyl sites for hydroxylation is 1. The van der Waals surface area contributed by atoms with Crippen molar-refractivity contribution in [3.63, 3.8) is 0 Å². The molecule has 2 N–H and O–H groups in total. The van der Waals surface area contributed by atoms with Gasteiger partial charge in [0.25, 0.3) is 5.91 Å². The summed E-state index contributed by atoms with van der Waals surface area (Å²) in [5, 5.41) is 15.7. The topological polar surface area (TPSA) is 62.2 Å². The van der Waals surface area contributed by atoms with E-state index in [0.29, 0.717) is 22.0 Å². The lowest BCUT2D eigenvalue weighted by atomic mass is 10.2. The van der Waals surface area contributed by atoms with Gasteiger partial charge in [0.15, 0.2) is 5.13 Å². The molecule has 0 radical (unpaired) electrons. The zero-order valence-electron chi connectivity index (χ0n) is 10.3. The maximum absolute atomic E-state index is 12.1. The first-order valence-electron chi connectivity index (χ1n) is 5.61. The standard InChI is InChI=1S/C13H12N2O2S2/c1-9-8-19-13(14-9)15-12(17)11-10(5-7-18-11)4-2-3-6-16/h5,7-8,16H,3,6H2,1H3,(H,14,15,17). The van der Waals surface area contributed by atoms with Gasteiger partial charge >= 0.3 is 0 Å². The van der Waals surface area contributed by atoms with Crippen LogP contribution in [-0.2, 0) is 0 Å². The van der Waals surface area contributed by atoms with E-state index in [1.165, 1.54) is 22.7 Å². The van der Waals surface area contributed by atoms with Crippen LogP contribution in [-0.4, -0.2) is 22.6 Å². The number of hydrogen-bond donors (Lipinski definition) is 2. The number of thiazole rings is 1. The van der Waals surface area contributed by atoms with Crippen LogP contribution in [0.2, 0.25) is 0 Å². The van der Waals surface area contributed by atoms with Crippen molar-refractivity contribution in [2.45, 2.75) is 13.3 Å². The number of nitrogens with one attached hydrogen (secondary N) is 1. The Kier molecular flexibility index (Phi) is 4.68. The van der Waals surface area contributed by atoms with E-state index < -0.39 is 0 Å². The molecule has 0 unspecified atom stereocenters. The molecule has 2 aromatic rings. The molecule has 0 spiro atoms. The molecule has 2 rings (SSSR count). The molecule has 6 heteroatoms. The molecule has 0 aliphatic heterocycles. The Morgan fingerprint density at radius 3 is 3.05 bits per heavy atom. The van der Waals surface area contributed by atoms with Crippen molar-refractivity contribution in [3.8, 4) is 11.8 Å². The number of aliphatic hydroxyl groups excluding tert-OH is 1. The maximum atomic E-state index is 12.1. The van der Waals surface area contributed by atoms with Crippen LogP contribution in [0.25, 0.3) is 0 Å². The van der Waals surface area contributed by atoms with Crippen LogP contribution < -0.4 is 5.32 Å². The van der Waals surface area contributed by atoms with Crippen LogP contribution in [0.5, 0.6) is 0 Å². The lowest BCUT2D eigenvalue weighted by molar-refractivity contribution is 0.103. The summed E-state index contributed by atoms with van der Waals surface area (Å²) in [7, 11) is 0. The minimum Gasteiger partial charge on any atom is -0.395 e. The Morgan fingerprint density at radius 1 is 1.53 bits per heavy atom. The Balaban J connectivity index is 2.12. The number of amides is 1. The number of rotatable bonds is 3. The number of nitrogens with zero attached hydrogens (tertiary/aromatic N) is 1. The van der Waals surface area contributed by atoms with E-state index in [1.807, 2.05) is 17.7 Å². The van der Waals surface area contributed by atoms with E-state index in [-0.39, 0.29) is 12.5 Å². The van der Waals surface area contributed by atoms with Crippen LogP contribution in [0.4, 0.5) is 5.13 Å². The van der Waals surface area contributed by atoms with Gasteiger partial charge in [0.2, 0.25) is 0 Å². The van der Waals surface area contributed by atoms with Crippen molar-refractivity contribution in [2.24, 2.45) is 0 Å². The molecule has 0 saturated carbocycles. The summed E-state index contributed by atoms with van der Waals surface area (Å²) >= 11 is 2.74. The van der Waals surface area contributed by atoms with Crippen LogP contribution in [0.3, 0.4) is 0 Å². The Hall–Kier alpha value is -1.68. The minimum atomic E-state index is -0.197. The van der Waals surface area contributed by atoms with Crippen molar-refractivity contribution in [1.82, 2.24) is 4.98 Å². The van der Waals surface area contributed by atoms with Gasteiger partial charge in [-0.3, -0.25) is 10.1 Å². The van der Waals surface area contributed by atoms with Crippen LogP contribution in [0.1, 0.15) is 27.3 Å². The fourth-order valence-electron chi connectivity index (χ4n) is 1.36. The van der Waals surface area contributed by atoms with E-state index in [2.05, 4.69) is 22.1 Å². The first-order chi connectivity index (χ1) is 9.20. The average molecular weight is 292 g/mol. The van der Waals surface area contributed by atoms with Gasteiger partial charge in [-0.1, -0.05) is 11.8 Å². The fourth-order valence-corrected chi connectivity index (χ4v) is 2.79. The molecule has 1 amide bonds. The SMILES string of the molecule is Cc1csc(NC(=O)c2sccc2C#CCCO)n1. The summed E-state index contributed by atoms with van der Waals surface area (Å²) in [5.74, 6) is 5.51. The third kappa shape index (κ3) is 3.64. The van der Waals surface area contributed by atoms with Crippen molar-refractivity contribution in [2.75, 3.05) is 11.9 Å². The number of carbonyl (C=O) groups is 1. The second-order valence-corrected chi connectivity index (χ2v) is 5.46. The zero-order chi connectivity index (χ0) is 13.7. The van der Waals surface area contributed by atoms with Crippen molar-refractivity contribution in [1.29, 1.82) is 0 Å². The number of anilines is 1. The van der Waals surface area contributed by atoms with E-state index in [1.54, 1.807) is 6.07 Å². The molecular weight excluding hydrogens is 280 g/mol. The predicted molar refractivity (Wildman–Crippen MR) is 77.7 cm³/mol. The van der Waals surface area contributed by atoms with Gasteiger partial charge in [0, 0.05) is 17.4 Å². The molecule has 0 fully saturated rings. The summed E-state index contributed by atoms with van der Waals surface area (Å²) in [6.45, 7) is 1.90. The van der Waals surface area contributed by atoms with E-state index in [0.717, 1.165) is 5.69 Å². The zero-order valence-corrected chi connectivity index (χ0v) is 11.9. The third-order valence-electron chi connectivity index (χ3n) is 2.17. The summed E-state index contributed by atoms with van der Waals surface area (Å²) < 4.78 is 0. The Morgan fingerprint density at radius 2 is 2.37 bits per heavy atom. The second-order valence-electron chi connectivity index (χ2n) is 3.69. The molecule has 0 aromatic carbocycles. The predicted octanol–water partition coefficient (Wildman–Crippen LogP) is 2.50. The summed E-state index contributed by atoms with van der Waals surface area (Å²) in [5.41, 5.74) is 1.57. The number of carbonyl (C=O) groups excluding carboxylic acids is 1. The molecule has 0 atom stereocenters. The highest BCUT2D eigenvalue weighted by Gasteiger charge is 2.13. The van der Waals surface area contributed by atoms with Crippen molar-refractivity contribution < 1.29 is 9.90 Å². The lowest BCUT2D eigenvalue weighted by Gasteiger charge is -1.99. The number of aliphatic hydroxyl groups is 1. The largest absolute Gasteiger partial charge is 0.395 e. The molecule has 2 aromatic heterocycles. The molecule has 19 heavy (non-hydrogen) atoms. The summed E-state index contributed by atoms with van der Waals surface area (Å²) in [6.07, 6.45) is 0.405. The highest BCUT2D eigenvalue weighted by molar-refractivity contribution is 7.14. The van der Waals surface area contributed by atoms with Gasteiger partial charge in [-0.15, -0.1) is 22.7 Å². The van der Waals surface area contributed by atoms with Gasteiger partial charge in [-0.2, -0.15) is 0 Å². The third-order valence-corrected chi connectivity index (χ3v) is 3.96. The average Bonchev–Trinajstić information content (AvgIpc) is 2.99. The Bertz CT molecular complexity index is 634. The smallest absolute Gasteiger partial charge is 0.268 e. The van der Waals surface area contributed by atoms with Crippen molar-refractivity contribution >= 4 is 33.7 Å². The van der Waals surface area contributed by atoms with E-state index >= 15 is 0 Å². The first kappa shape index (κ1) is 13.7. The molecule has 0 saturated heterocycles. The molecule has 0 aliphatic rings. The van der Waals surface area contributed by atoms with Gasteiger partial charge in [-0.25, -0.2) is 4.98 Å². The lowest BCUT2D eigenvalue weighted by Crippen LogP contribution is -2.11. The minimum absolute atomic E-state index is 0.0249. The fraction of sp³-hybridized carbons (Fsp3) is 0.231. The monoisotopic (exact) mass is 292 g/mol. The summed E-state index contributed by atoms with van der Waals surface area (Å²) in [6, 6.07) is 1.80.